The average Bonchev–Trinajstić information content (AvgIpc) is 2.91. The molecule has 6 heteroatoms. The number of rotatable bonds is 4. The van der Waals surface area contributed by atoms with E-state index in [-0.39, 0.29) is 5.91 Å². The van der Waals surface area contributed by atoms with Crippen molar-refractivity contribution in [3.05, 3.63) is 65.6 Å². The first-order valence-electron chi connectivity index (χ1n) is 8.81. The maximum atomic E-state index is 12.3. The van der Waals surface area contributed by atoms with Gasteiger partial charge in [-0.15, -0.1) is 0 Å². The Morgan fingerprint density at radius 1 is 1.31 bits per heavy atom. The van der Waals surface area contributed by atoms with Crippen molar-refractivity contribution < 1.29 is 9.53 Å². The van der Waals surface area contributed by atoms with Crippen LogP contribution in [0.4, 0.5) is 0 Å². The molecule has 0 bridgehead atoms. The molecule has 0 saturated carbocycles. The minimum Gasteiger partial charge on any atom is -0.492 e. The van der Waals surface area contributed by atoms with Gasteiger partial charge in [0.1, 0.15) is 18.0 Å². The first-order valence-corrected chi connectivity index (χ1v) is 8.81. The number of nitrogens with one attached hydrogen (secondary N) is 1. The summed E-state index contributed by atoms with van der Waals surface area (Å²) in [5.74, 6) is 0.910. The second kappa shape index (κ2) is 7.17. The number of ether oxygens (including phenoxy) is 1. The Labute approximate surface area is 152 Å². The summed E-state index contributed by atoms with van der Waals surface area (Å²) < 4.78 is 7.72. The van der Waals surface area contributed by atoms with Crippen molar-refractivity contribution in [2.45, 2.75) is 20.0 Å². The van der Waals surface area contributed by atoms with Crippen LogP contribution in [0.25, 0.3) is 5.65 Å². The van der Waals surface area contributed by atoms with Crippen LogP contribution < -0.4 is 10.1 Å². The summed E-state index contributed by atoms with van der Waals surface area (Å²) in [4.78, 5) is 19.0. The lowest BCUT2D eigenvalue weighted by Crippen LogP contribution is -2.37. The van der Waals surface area contributed by atoms with Crippen LogP contribution in [0.5, 0.6) is 5.75 Å². The van der Waals surface area contributed by atoms with Crippen molar-refractivity contribution in [1.29, 1.82) is 0 Å². The van der Waals surface area contributed by atoms with E-state index < -0.39 is 0 Å². The molecule has 0 atom stereocenters. The molecule has 4 rings (SSSR count). The van der Waals surface area contributed by atoms with Crippen molar-refractivity contribution in [2.24, 2.45) is 0 Å². The fraction of sp³-hybridized carbons (Fsp3) is 0.300. The largest absolute Gasteiger partial charge is 0.492 e. The van der Waals surface area contributed by atoms with Crippen LogP contribution in [-0.2, 0) is 17.9 Å². The van der Waals surface area contributed by atoms with E-state index in [9.17, 15) is 4.79 Å². The number of pyridine rings is 1. The second-order valence-electron chi connectivity index (χ2n) is 6.65. The zero-order valence-electron chi connectivity index (χ0n) is 14.8. The SMILES string of the molecule is Cc1ccn2cc(CNC(=O)CN3CCOc4ccccc4C3)nc2c1. The van der Waals surface area contributed by atoms with Gasteiger partial charge in [0.15, 0.2) is 0 Å². The van der Waals surface area contributed by atoms with Gasteiger partial charge in [-0.05, 0) is 30.7 Å². The summed E-state index contributed by atoms with van der Waals surface area (Å²) in [7, 11) is 0. The summed E-state index contributed by atoms with van der Waals surface area (Å²) in [6.07, 6.45) is 3.93. The van der Waals surface area contributed by atoms with Gasteiger partial charge < -0.3 is 14.5 Å². The van der Waals surface area contributed by atoms with Crippen LogP contribution >= 0.6 is 0 Å². The number of hydrogen-bond donors (Lipinski definition) is 1. The van der Waals surface area contributed by atoms with E-state index in [4.69, 9.17) is 4.74 Å². The van der Waals surface area contributed by atoms with Crippen LogP contribution in [0.15, 0.2) is 48.8 Å². The normalized spacial score (nSPS) is 14.5. The molecule has 1 aromatic carbocycles. The summed E-state index contributed by atoms with van der Waals surface area (Å²) in [5.41, 5.74) is 4.04. The molecule has 0 radical (unpaired) electrons. The smallest absolute Gasteiger partial charge is 0.234 e. The number of para-hydroxylation sites is 1. The number of benzene rings is 1. The highest BCUT2D eigenvalue weighted by atomic mass is 16.5. The highest BCUT2D eigenvalue weighted by molar-refractivity contribution is 5.78. The Bertz CT molecular complexity index is 934. The van der Waals surface area contributed by atoms with Crippen molar-refractivity contribution in [2.75, 3.05) is 19.7 Å². The van der Waals surface area contributed by atoms with Gasteiger partial charge in [0, 0.05) is 31.0 Å². The minimum atomic E-state index is -0.00221. The Morgan fingerprint density at radius 3 is 3.12 bits per heavy atom. The molecule has 3 aromatic rings. The standard InChI is InChI=1S/C20H22N4O2/c1-15-6-7-24-13-17(22-19(24)10-15)11-21-20(25)14-23-8-9-26-18-5-3-2-4-16(18)12-23/h2-7,10,13H,8-9,11-12,14H2,1H3,(H,21,25). The summed E-state index contributed by atoms with van der Waals surface area (Å²) >= 11 is 0. The molecular weight excluding hydrogens is 328 g/mol. The van der Waals surface area contributed by atoms with Gasteiger partial charge in [-0.2, -0.15) is 0 Å². The van der Waals surface area contributed by atoms with Crippen molar-refractivity contribution >= 4 is 11.6 Å². The molecule has 6 nitrogen and oxygen atoms in total. The third kappa shape index (κ3) is 3.70. The fourth-order valence-corrected chi connectivity index (χ4v) is 3.18. The molecule has 134 valence electrons. The number of hydrogen-bond acceptors (Lipinski definition) is 4. The Morgan fingerprint density at radius 2 is 2.19 bits per heavy atom. The predicted octanol–water partition coefficient (Wildman–Crippen LogP) is 2.15. The summed E-state index contributed by atoms with van der Waals surface area (Å²) in [5, 5.41) is 2.97. The van der Waals surface area contributed by atoms with Crippen molar-refractivity contribution in [3.8, 4) is 5.75 Å². The van der Waals surface area contributed by atoms with Gasteiger partial charge in [0.2, 0.25) is 5.91 Å². The van der Waals surface area contributed by atoms with Gasteiger partial charge in [0.05, 0.1) is 18.8 Å². The maximum Gasteiger partial charge on any atom is 0.234 e. The van der Waals surface area contributed by atoms with E-state index in [1.165, 1.54) is 5.56 Å². The third-order valence-corrected chi connectivity index (χ3v) is 4.53. The van der Waals surface area contributed by atoms with Gasteiger partial charge in [-0.3, -0.25) is 9.69 Å². The summed E-state index contributed by atoms with van der Waals surface area (Å²) in [6.45, 7) is 4.87. The van der Waals surface area contributed by atoms with Crippen LogP contribution in [-0.4, -0.2) is 39.9 Å². The average molecular weight is 350 g/mol. The monoisotopic (exact) mass is 350 g/mol. The fourth-order valence-electron chi connectivity index (χ4n) is 3.18. The molecule has 2 aromatic heterocycles. The number of nitrogens with zero attached hydrogens (tertiary/aromatic N) is 3. The summed E-state index contributed by atoms with van der Waals surface area (Å²) in [6, 6.07) is 12.1. The van der Waals surface area contributed by atoms with E-state index in [0.717, 1.165) is 35.7 Å². The third-order valence-electron chi connectivity index (χ3n) is 4.53. The van der Waals surface area contributed by atoms with Crippen LogP contribution in [0, 0.1) is 6.92 Å². The number of aromatic nitrogens is 2. The molecule has 0 fully saturated rings. The van der Waals surface area contributed by atoms with Crippen LogP contribution in [0.1, 0.15) is 16.8 Å². The topological polar surface area (TPSA) is 58.9 Å². The van der Waals surface area contributed by atoms with E-state index >= 15 is 0 Å². The molecule has 1 N–H and O–H groups in total. The lowest BCUT2D eigenvalue weighted by atomic mass is 10.2. The first kappa shape index (κ1) is 16.6. The molecule has 1 amide bonds. The van der Waals surface area contributed by atoms with Crippen LogP contribution in [0.3, 0.4) is 0 Å². The molecule has 3 heterocycles. The van der Waals surface area contributed by atoms with E-state index in [2.05, 4.69) is 15.2 Å². The molecule has 26 heavy (non-hydrogen) atoms. The Kier molecular flexibility index (Phi) is 4.58. The van der Waals surface area contributed by atoms with E-state index in [0.29, 0.717) is 19.7 Å². The zero-order valence-corrected chi connectivity index (χ0v) is 14.8. The molecule has 0 spiro atoms. The molecule has 0 saturated heterocycles. The highest BCUT2D eigenvalue weighted by Gasteiger charge is 2.17. The van der Waals surface area contributed by atoms with Gasteiger partial charge in [0.25, 0.3) is 0 Å². The Balaban J connectivity index is 1.35. The minimum absolute atomic E-state index is 0.00221. The second-order valence-corrected chi connectivity index (χ2v) is 6.65. The van der Waals surface area contributed by atoms with Crippen LogP contribution in [0.2, 0.25) is 0 Å². The number of carbonyl (C=O) groups excluding carboxylic acids is 1. The van der Waals surface area contributed by atoms with Crippen molar-refractivity contribution in [3.63, 3.8) is 0 Å². The van der Waals surface area contributed by atoms with Gasteiger partial charge in [-0.25, -0.2) is 4.98 Å². The molecule has 1 aliphatic rings. The highest BCUT2D eigenvalue weighted by Crippen LogP contribution is 2.22. The van der Waals surface area contributed by atoms with Crippen molar-refractivity contribution in [1.82, 2.24) is 19.6 Å². The first-order chi connectivity index (χ1) is 12.7. The number of carbonyl (C=O) groups is 1. The van der Waals surface area contributed by atoms with Gasteiger partial charge >= 0.3 is 0 Å². The Hall–Kier alpha value is -2.86. The zero-order chi connectivity index (χ0) is 17.9. The quantitative estimate of drug-likeness (QED) is 0.783. The molecular formula is C20H22N4O2. The number of amides is 1. The maximum absolute atomic E-state index is 12.3. The number of fused-ring (bicyclic) bond motifs is 2. The molecule has 1 aliphatic heterocycles. The number of aryl methyl sites for hydroxylation is 1. The lowest BCUT2D eigenvalue weighted by Gasteiger charge is -2.18. The van der Waals surface area contributed by atoms with E-state index in [1.54, 1.807) is 0 Å². The molecule has 0 unspecified atom stereocenters. The number of imidazole rings is 1. The lowest BCUT2D eigenvalue weighted by molar-refractivity contribution is -0.122. The predicted molar refractivity (Wildman–Crippen MR) is 99.0 cm³/mol. The van der Waals surface area contributed by atoms with E-state index in [1.807, 2.05) is 60.1 Å². The molecule has 0 aliphatic carbocycles. The van der Waals surface area contributed by atoms with Gasteiger partial charge in [-0.1, -0.05) is 18.2 Å².